The summed E-state index contributed by atoms with van der Waals surface area (Å²) in [5, 5.41) is 11.7. The number of rotatable bonds is 8. The second kappa shape index (κ2) is 7.65. The van der Waals surface area contributed by atoms with Gasteiger partial charge >= 0.3 is 5.97 Å². The first-order chi connectivity index (χ1) is 12.1. The highest BCUT2D eigenvalue weighted by atomic mass is 32.1. The molecule has 0 aliphatic heterocycles. The summed E-state index contributed by atoms with van der Waals surface area (Å²) in [6, 6.07) is 7.75. The second-order valence-electron chi connectivity index (χ2n) is 5.92. The Bertz CT molecular complexity index is 753. The number of aromatic nitrogens is 1. The van der Waals surface area contributed by atoms with Gasteiger partial charge in [0.15, 0.2) is 0 Å². The quantitative estimate of drug-likeness (QED) is 0.783. The number of amides is 1. The molecule has 1 saturated carbocycles. The van der Waals surface area contributed by atoms with Crippen LogP contribution in [0.4, 0.5) is 0 Å². The molecule has 1 aromatic heterocycles. The van der Waals surface area contributed by atoms with Gasteiger partial charge in [-0.2, -0.15) is 0 Å². The van der Waals surface area contributed by atoms with E-state index in [2.05, 4.69) is 4.98 Å². The molecule has 1 amide bonds. The van der Waals surface area contributed by atoms with Crippen molar-refractivity contribution in [3.63, 3.8) is 0 Å². The first-order valence-electron chi connectivity index (χ1n) is 8.25. The van der Waals surface area contributed by atoms with Gasteiger partial charge < -0.3 is 14.7 Å². The number of carbonyl (C=O) groups is 2. The lowest BCUT2D eigenvalue weighted by Crippen LogP contribution is -2.38. The summed E-state index contributed by atoms with van der Waals surface area (Å²) in [4.78, 5) is 29.3. The number of carboxylic acids is 1. The minimum Gasteiger partial charge on any atom is -0.494 e. The summed E-state index contributed by atoms with van der Waals surface area (Å²) in [6.07, 6.45) is 1.90. The number of benzene rings is 1. The molecule has 0 unspecified atom stereocenters. The first-order valence-corrected chi connectivity index (χ1v) is 9.13. The van der Waals surface area contributed by atoms with Crippen LogP contribution in [0.3, 0.4) is 0 Å². The number of ether oxygens (including phenoxy) is 1. The van der Waals surface area contributed by atoms with Crippen LogP contribution < -0.4 is 4.74 Å². The van der Waals surface area contributed by atoms with Gasteiger partial charge in [0.25, 0.3) is 0 Å². The molecular weight excluding hydrogens is 340 g/mol. The van der Waals surface area contributed by atoms with Crippen molar-refractivity contribution in [2.45, 2.75) is 32.2 Å². The van der Waals surface area contributed by atoms with Crippen molar-refractivity contribution in [2.75, 3.05) is 13.2 Å². The number of hydrogen-bond acceptors (Lipinski definition) is 5. The third-order valence-corrected chi connectivity index (χ3v) is 4.85. The van der Waals surface area contributed by atoms with Crippen LogP contribution in [0.15, 0.2) is 29.6 Å². The van der Waals surface area contributed by atoms with Crippen molar-refractivity contribution in [3.05, 3.63) is 35.3 Å². The van der Waals surface area contributed by atoms with Gasteiger partial charge in [0.1, 0.15) is 17.3 Å². The Balaban J connectivity index is 1.66. The number of nitrogens with zero attached hydrogens (tertiary/aromatic N) is 2. The van der Waals surface area contributed by atoms with Gasteiger partial charge in [-0.1, -0.05) is 0 Å². The molecule has 0 radical (unpaired) electrons. The predicted molar refractivity (Wildman–Crippen MR) is 94.8 cm³/mol. The van der Waals surface area contributed by atoms with Crippen LogP contribution in [0.5, 0.6) is 5.75 Å². The van der Waals surface area contributed by atoms with E-state index in [1.165, 1.54) is 16.2 Å². The van der Waals surface area contributed by atoms with E-state index in [-0.39, 0.29) is 24.9 Å². The second-order valence-corrected chi connectivity index (χ2v) is 6.78. The molecule has 1 N–H and O–H groups in total. The molecule has 1 aliphatic carbocycles. The van der Waals surface area contributed by atoms with Crippen LogP contribution in [0, 0.1) is 0 Å². The van der Waals surface area contributed by atoms with E-state index < -0.39 is 5.97 Å². The van der Waals surface area contributed by atoms with Crippen molar-refractivity contribution in [2.24, 2.45) is 0 Å². The van der Waals surface area contributed by atoms with Crippen molar-refractivity contribution in [1.29, 1.82) is 0 Å². The number of thiazole rings is 1. The zero-order valence-corrected chi connectivity index (χ0v) is 14.8. The number of aliphatic carboxylic acids is 1. The van der Waals surface area contributed by atoms with Crippen LogP contribution >= 0.6 is 11.3 Å². The van der Waals surface area contributed by atoms with Crippen LogP contribution in [0.1, 0.15) is 25.5 Å². The maximum Gasteiger partial charge on any atom is 0.323 e. The fourth-order valence-electron chi connectivity index (χ4n) is 2.59. The van der Waals surface area contributed by atoms with Gasteiger partial charge in [0.2, 0.25) is 5.91 Å². The Morgan fingerprint density at radius 1 is 1.32 bits per heavy atom. The lowest BCUT2D eigenvalue weighted by Gasteiger charge is -2.19. The molecule has 7 heteroatoms. The Morgan fingerprint density at radius 2 is 2.04 bits per heavy atom. The smallest absolute Gasteiger partial charge is 0.323 e. The molecule has 25 heavy (non-hydrogen) atoms. The molecule has 2 aromatic rings. The van der Waals surface area contributed by atoms with Crippen molar-refractivity contribution in [1.82, 2.24) is 9.88 Å². The highest BCUT2D eigenvalue weighted by molar-refractivity contribution is 7.13. The lowest BCUT2D eigenvalue weighted by atomic mass is 10.2. The molecule has 1 aromatic carbocycles. The lowest BCUT2D eigenvalue weighted by molar-refractivity contribution is -0.144. The summed E-state index contributed by atoms with van der Waals surface area (Å²) in [6.45, 7) is 2.32. The molecule has 6 nitrogen and oxygen atoms in total. The highest BCUT2D eigenvalue weighted by Crippen LogP contribution is 2.29. The average Bonchev–Trinajstić information content (AvgIpc) is 3.32. The number of carboxylic acid groups (broad SMARTS) is 1. The van der Waals surface area contributed by atoms with Gasteiger partial charge in [-0.15, -0.1) is 11.3 Å². The Labute approximate surface area is 150 Å². The van der Waals surface area contributed by atoms with Gasteiger partial charge in [-0.25, -0.2) is 4.98 Å². The van der Waals surface area contributed by atoms with Gasteiger partial charge in [0, 0.05) is 17.0 Å². The van der Waals surface area contributed by atoms with Crippen LogP contribution in [0.25, 0.3) is 10.6 Å². The molecule has 0 atom stereocenters. The Morgan fingerprint density at radius 3 is 2.64 bits per heavy atom. The summed E-state index contributed by atoms with van der Waals surface area (Å²) >= 11 is 1.47. The Hall–Kier alpha value is -2.41. The topological polar surface area (TPSA) is 79.7 Å². The van der Waals surface area contributed by atoms with E-state index in [0.717, 1.165) is 29.2 Å². The normalized spacial score (nSPS) is 13.5. The van der Waals surface area contributed by atoms with E-state index >= 15 is 0 Å². The summed E-state index contributed by atoms with van der Waals surface area (Å²) < 4.78 is 5.43. The maximum absolute atomic E-state index is 12.4. The van der Waals surface area contributed by atoms with Gasteiger partial charge in [0.05, 0.1) is 18.7 Å². The molecule has 1 fully saturated rings. The summed E-state index contributed by atoms with van der Waals surface area (Å²) in [7, 11) is 0. The third-order valence-electron chi connectivity index (χ3n) is 3.91. The van der Waals surface area contributed by atoms with E-state index in [0.29, 0.717) is 12.3 Å². The highest BCUT2D eigenvalue weighted by Gasteiger charge is 2.33. The molecular formula is C18H20N2O4S. The van der Waals surface area contributed by atoms with Crippen molar-refractivity contribution < 1.29 is 19.4 Å². The van der Waals surface area contributed by atoms with Crippen LogP contribution in [0.2, 0.25) is 0 Å². The fourth-order valence-corrected chi connectivity index (χ4v) is 3.42. The molecule has 0 saturated heterocycles. The molecule has 0 spiro atoms. The summed E-state index contributed by atoms with van der Waals surface area (Å²) in [5.41, 5.74) is 1.65. The predicted octanol–water partition coefficient (Wildman–Crippen LogP) is 2.83. The zero-order chi connectivity index (χ0) is 17.8. The minimum absolute atomic E-state index is 0.0767. The average molecular weight is 360 g/mol. The van der Waals surface area contributed by atoms with Crippen molar-refractivity contribution >= 4 is 23.2 Å². The van der Waals surface area contributed by atoms with E-state index in [4.69, 9.17) is 9.84 Å². The Kier molecular flexibility index (Phi) is 5.33. The standard InChI is InChI=1S/C18H20N2O4S/c1-2-24-15-7-3-12(4-8-15)18-19-13(11-25-18)9-16(21)20(10-17(22)23)14-5-6-14/h3-4,7-8,11,14H,2,5-6,9-10H2,1H3,(H,22,23). The van der Waals surface area contributed by atoms with E-state index in [9.17, 15) is 9.59 Å². The van der Waals surface area contributed by atoms with Gasteiger partial charge in [-0.3, -0.25) is 9.59 Å². The van der Waals surface area contributed by atoms with Crippen molar-refractivity contribution in [3.8, 4) is 16.3 Å². The minimum atomic E-state index is -0.978. The van der Waals surface area contributed by atoms with Crippen LogP contribution in [-0.2, 0) is 16.0 Å². The summed E-state index contributed by atoms with van der Waals surface area (Å²) in [5.74, 6) is -0.339. The third kappa shape index (κ3) is 4.57. The maximum atomic E-state index is 12.4. The molecule has 3 rings (SSSR count). The zero-order valence-electron chi connectivity index (χ0n) is 14.0. The number of hydrogen-bond donors (Lipinski definition) is 1. The fraction of sp³-hybridized carbons (Fsp3) is 0.389. The van der Waals surface area contributed by atoms with Gasteiger partial charge in [-0.05, 0) is 44.0 Å². The molecule has 132 valence electrons. The SMILES string of the molecule is CCOc1ccc(-c2nc(CC(=O)N(CC(=O)O)C3CC3)cs2)cc1. The van der Waals surface area contributed by atoms with E-state index in [1.807, 2.05) is 36.6 Å². The molecule has 0 bridgehead atoms. The van der Waals surface area contributed by atoms with Crippen LogP contribution in [-0.4, -0.2) is 46.1 Å². The number of carbonyl (C=O) groups excluding carboxylic acids is 1. The largest absolute Gasteiger partial charge is 0.494 e. The monoisotopic (exact) mass is 360 g/mol. The van der Waals surface area contributed by atoms with E-state index in [1.54, 1.807) is 0 Å². The molecule has 1 aliphatic rings. The molecule has 1 heterocycles. The first kappa shape index (κ1) is 17.4.